The monoisotopic (exact) mass is 262 g/mol. The van der Waals surface area contributed by atoms with Crippen LogP contribution in [-0.2, 0) is 4.79 Å². The molecule has 0 N–H and O–H groups in total. The minimum Gasteiger partial charge on any atom is -0.273 e. The summed E-state index contributed by atoms with van der Waals surface area (Å²) in [5.41, 5.74) is 3.27. The van der Waals surface area contributed by atoms with Crippen molar-refractivity contribution in [3.63, 3.8) is 0 Å². The van der Waals surface area contributed by atoms with Crippen LogP contribution < -0.4 is 4.90 Å². The van der Waals surface area contributed by atoms with Gasteiger partial charge in [0.25, 0.3) is 0 Å². The number of carbonyl (C=O) groups is 1. The minimum atomic E-state index is 0.117. The average molecular weight is 262 g/mol. The number of amides is 1. The normalized spacial score (nSPS) is 18.2. The van der Waals surface area contributed by atoms with E-state index in [9.17, 15) is 4.79 Å². The first-order valence-corrected chi connectivity index (χ1v) is 7.08. The molecule has 1 heterocycles. The molecule has 0 spiro atoms. The zero-order valence-electron chi connectivity index (χ0n) is 11.2. The Kier molecular flexibility index (Phi) is 3.76. The summed E-state index contributed by atoms with van der Waals surface area (Å²) in [6.45, 7) is 8.14. The van der Waals surface area contributed by atoms with Crippen LogP contribution in [0.3, 0.4) is 0 Å². The Morgan fingerprint density at radius 2 is 2.06 bits per heavy atom. The number of benzene rings is 1. The maximum Gasteiger partial charge on any atom is 0.243 e. The van der Waals surface area contributed by atoms with Gasteiger partial charge in [-0.25, -0.2) is 0 Å². The van der Waals surface area contributed by atoms with Crippen LogP contribution in [0.4, 0.5) is 5.69 Å². The van der Waals surface area contributed by atoms with Crippen LogP contribution in [0.1, 0.15) is 25.0 Å². The first-order chi connectivity index (χ1) is 8.49. The van der Waals surface area contributed by atoms with Gasteiger partial charge in [0.05, 0.1) is 11.4 Å². The Morgan fingerprint density at radius 3 is 2.67 bits per heavy atom. The number of hydrogen-bond acceptors (Lipinski definition) is 3. The number of nitrogens with zero attached hydrogens (tertiary/aromatic N) is 2. The maximum absolute atomic E-state index is 12.0. The minimum absolute atomic E-state index is 0.117. The van der Waals surface area contributed by atoms with Gasteiger partial charge >= 0.3 is 0 Å². The summed E-state index contributed by atoms with van der Waals surface area (Å²) in [6, 6.07) is 6.33. The molecular weight excluding hydrogens is 244 g/mol. The van der Waals surface area contributed by atoms with E-state index in [0.29, 0.717) is 5.75 Å². The molecule has 1 aliphatic rings. The number of aliphatic imine (C=N–C) groups is 1. The Labute approximate surface area is 112 Å². The first-order valence-electron chi connectivity index (χ1n) is 6.10. The third kappa shape index (κ3) is 2.58. The van der Waals surface area contributed by atoms with E-state index >= 15 is 0 Å². The molecular formula is C14H18N2OS. The molecule has 96 valence electrons. The topological polar surface area (TPSA) is 32.7 Å². The molecule has 2 rings (SSSR count). The lowest BCUT2D eigenvalue weighted by molar-refractivity contribution is -0.115. The summed E-state index contributed by atoms with van der Waals surface area (Å²) in [6.07, 6.45) is 0. The molecule has 1 aliphatic heterocycles. The van der Waals surface area contributed by atoms with E-state index in [-0.39, 0.29) is 11.9 Å². The summed E-state index contributed by atoms with van der Waals surface area (Å²) in [5, 5.41) is 0.821. The number of thioether (sulfide) groups is 1. The molecule has 0 atom stereocenters. The number of anilines is 1. The van der Waals surface area contributed by atoms with Crippen LogP contribution >= 0.6 is 11.8 Å². The summed E-state index contributed by atoms with van der Waals surface area (Å²) in [5.74, 6) is 0.602. The maximum atomic E-state index is 12.0. The van der Waals surface area contributed by atoms with Crippen molar-refractivity contribution in [2.45, 2.75) is 33.7 Å². The van der Waals surface area contributed by atoms with Gasteiger partial charge in [0, 0.05) is 6.04 Å². The van der Waals surface area contributed by atoms with E-state index in [2.05, 4.69) is 18.0 Å². The van der Waals surface area contributed by atoms with Crippen molar-refractivity contribution < 1.29 is 4.79 Å². The molecule has 0 aliphatic carbocycles. The van der Waals surface area contributed by atoms with Crippen LogP contribution in [0.15, 0.2) is 23.2 Å². The second-order valence-electron chi connectivity index (χ2n) is 4.81. The van der Waals surface area contributed by atoms with Crippen molar-refractivity contribution >= 4 is 28.5 Å². The van der Waals surface area contributed by atoms with Gasteiger partial charge in [-0.05, 0) is 39.3 Å². The fourth-order valence-electron chi connectivity index (χ4n) is 1.97. The van der Waals surface area contributed by atoms with Gasteiger partial charge in [-0.3, -0.25) is 14.7 Å². The first kappa shape index (κ1) is 13.1. The van der Waals surface area contributed by atoms with E-state index in [1.165, 1.54) is 17.3 Å². The molecule has 0 saturated carbocycles. The Morgan fingerprint density at radius 1 is 1.33 bits per heavy atom. The number of aryl methyl sites for hydroxylation is 2. The second-order valence-corrected chi connectivity index (χ2v) is 5.76. The molecule has 1 saturated heterocycles. The molecule has 1 fully saturated rings. The van der Waals surface area contributed by atoms with E-state index in [1.807, 2.05) is 32.9 Å². The van der Waals surface area contributed by atoms with Crippen molar-refractivity contribution in [3.05, 3.63) is 29.3 Å². The lowest BCUT2D eigenvalue weighted by Gasteiger charge is -2.19. The quantitative estimate of drug-likeness (QED) is 0.820. The predicted octanol–water partition coefficient (Wildman–Crippen LogP) is 3.15. The molecule has 0 bridgehead atoms. The van der Waals surface area contributed by atoms with Crippen LogP contribution in [-0.4, -0.2) is 22.9 Å². The average Bonchev–Trinajstić information content (AvgIpc) is 2.60. The SMILES string of the molecule is Cc1ccc(N2C(=O)CS/C2=N\C(C)C)c(C)c1. The van der Waals surface area contributed by atoms with Crippen molar-refractivity contribution in [1.82, 2.24) is 0 Å². The lowest BCUT2D eigenvalue weighted by Crippen LogP contribution is -2.30. The van der Waals surface area contributed by atoms with Crippen LogP contribution in [0.5, 0.6) is 0 Å². The molecule has 1 aromatic rings. The molecule has 0 radical (unpaired) electrons. The standard InChI is InChI=1S/C14H18N2OS/c1-9(2)15-14-16(13(17)8-18-14)12-6-5-10(3)7-11(12)4/h5-7,9H,8H2,1-4H3/b15-14-. The Hall–Kier alpha value is -1.29. The largest absolute Gasteiger partial charge is 0.273 e. The van der Waals surface area contributed by atoms with Gasteiger partial charge in [0.15, 0.2) is 5.17 Å². The van der Waals surface area contributed by atoms with Crippen molar-refractivity contribution in [2.75, 3.05) is 10.7 Å². The molecule has 1 aromatic carbocycles. The van der Waals surface area contributed by atoms with Gasteiger partial charge in [-0.2, -0.15) is 0 Å². The van der Waals surface area contributed by atoms with Gasteiger partial charge in [0.2, 0.25) is 5.91 Å². The fourth-order valence-corrected chi connectivity index (χ4v) is 2.97. The zero-order valence-corrected chi connectivity index (χ0v) is 12.0. The predicted molar refractivity (Wildman–Crippen MR) is 78.4 cm³/mol. The van der Waals surface area contributed by atoms with Gasteiger partial charge in [-0.15, -0.1) is 0 Å². The van der Waals surface area contributed by atoms with Crippen LogP contribution in [0.2, 0.25) is 0 Å². The molecule has 3 nitrogen and oxygen atoms in total. The summed E-state index contributed by atoms with van der Waals surface area (Å²) in [7, 11) is 0. The highest BCUT2D eigenvalue weighted by molar-refractivity contribution is 8.15. The molecule has 1 amide bonds. The number of hydrogen-bond donors (Lipinski definition) is 0. The van der Waals surface area contributed by atoms with E-state index in [4.69, 9.17) is 0 Å². The van der Waals surface area contributed by atoms with Gasteiger partial charge in [-0.1, -0.05) is 29.5 Å². The molecule has 4 heteroatoms. The molecule has 0 unspecified atom stereocenters. The Balaban J connectivity index is 2.43. The third-order valence-corrected chi connectivity index (χ3v) is 3.66. The number of rotatable bonds is 2. The number of amidine groups is 1. The van der Waals surface area contributed by atoms with Gasteiger partial charge in [0.1, 0.15) is 0 Å². The highest BCUT2D eigenvalue weighted by atomic mass is 32.2. The van der Waals surface area contributed by atoms with Crippen molar-refractivity contribution in [1.29, 1.82) is 0 Å². The smallest absolute Gasteiger partial charge is 0.243 e. The fraction of sp³-hybridized carbons (Fsp3) is 0.429. The summed E-state index contributed by atoms with van der Waals surface area (Å²) >= 11 is 1.52. The van der Waals surface area contributed by atoms with Crippen LogP contribution in [0, 0.1) is 13.8 Å². The van der Waals surface area contributed by atoms with Crippen LogP contribution in [0.25, 0.3) is 0 Å². The Bertz CT molecular complexity index is 509. The third-order valence-electron chi connectivity index (χ3n) is 2.73. The highest BCUT2D eigenvalue weighted by Crippen LogP contribution is 2.30. The van der Waals surface area contributed by atoms with Gasteiger partial charge < -0.3 is 0 Å². The van der Waals surface area contributed by atoms with E-state index in [0.717, 1.165) is 16.4 Å². The lowest BCUT2D eigenvalue weighted by atomic mass is 10.1. The second kappa shape index (κ2) is 5.14. The summed E-state index contributed by atoms with van der Waals surface area (Å²) in [4.78, 5) is 18.3. The van der Waals surface area contributed by atoms with Crippen molar-refractivity contribution in [2.24, 2.45) is 4.99 Å². The van der Waals surface area contributed by atoms with Crippen molar-refractivity contribution in [3.8, 4) is 0 Å². The molecule has 18 heavy (non-hydrogen) atoms. The summed E-state index contributed by atoms with van der Waals surface area (Å²) < 4.78 is 0. The highest BCUT2D eigenvalue weighted by Gasteiger charge is 2.30. The number of carbonyl (C=O) groups excluding carboxylic acids is 1. The molecule has 0 aromatic heterocycles. The van der Waals surface area contributed by atoms with E-state index < -0.39 is 0 Å². The van der Waals surface area contributed by atoms with E-state index in [1.54, 1.807) is 4.90 Å². The zero-order chi connectivity index (χ0) is 13.3.